The van der Waals surface area contributed by atoms with Crippen LogP contribution >= 0.6 is 0 Å². The SMILES string of the molecule is CCC(C)OC(=O)C(C#N)=Cc1ccc(-c2ccc(C)cc2)o1. The molecule has 0 amide bonds. The van der Waals surface area contributed by atoms with Crippen LogP contribution in [0.4, 0.5) is 0 Å². The monoisotopic (exact) mass is 309 g/mol. The van der Waals surface area contributed by atoms with Gasteiger partial charge in [-0.25, -0.2) is 4.79 Å². The Hall–Kier alpha value is -2.80. The van der Waals surface area contributed by atoms with Gasteiger partial charge in [0.2, 0.25) is 0 Å². The van der Waals surface area contributed by atoms with Gasteiger partial charge in [-0.3, -0.25) is 0 Å². The van der Waals surface area contributed by atoms with E-state index in [1.165, 1.54) is 11.6 Å². The highest BCUT2D eigenvalue weighted by molar-refractivity contribution is 5.97. The maximum absolute atomic E-state index is 11.9. The number of aryl methyl sites for hydroxylation is 1. The van der Waals surface area contributed by atoms with Crippen molar-refractivity contribution in [1.29, 1.82) is 5.26 Å². The molecule has 0 saturated heterocycles. The van der Waals surface area contributed by atoms with Gasteiger partial charge in [-0.15, -0.1) is 0 Å². The van der Waals surface area contributed by atoms with Crippen LogP contribution in [0.3, 0.4) is 0 Å². The van der Waals surface area contributed by atoms with Crippen LogP contribution in [-0.4, -0.2) is 12.1 Å². The number of rotatable bonds is 5. The van der Waals surface area contributed by atoms with Gasteiger partial charge in [-0.2, -0.15) is 5.26 Å². The Labute approximate surface area is 136 Å². The van der Waals surface area contributed by atoms with Gasteiger partial charge >= 0.3 is 5.97 Å². The second-order valence-electron chi connectivity index (χ2n) is 5.36. The summed E-state index contributed by atoms with van der Waals surface area (Å²) in [6, 6.07) is 13.3. The van der Waals surface area contributed by atoms with E-state index >= 15 is 0 Å². The summed E-state index contributed by atoms with van der Waals surface area (Å²) in [6.07, 6.45) is 1.88. The summed E-state index contributed by atoms with van der Waals surface area (Å²) in [5, 5.41) is 9.14. The zero-order valence-corrected chi connectivity index (χ0v) is 13.5. The molecule has 1 heterocycles. The molecule has 0 saturated carbocycles. The Balaban J connectivity index is 2.20. The fraction of sp³-hybridized carbons (Fsp3) is 0.263. The summed E-state index contributed by atoms with van der Waals surface area (Å²) in [7, 11) is 0. The molecule has 2 rings (SSSR count). The smallest absolute Gasteiger partial charge is 0.349 e. The fourth-order valence-electron chi connectivity index (χ4n) is 1.91. The summed E-state index contributed by atoms with van der Waals surface area (Å²) < 4.78 is 10.8. The minimum absolute atomic E-state index is 0.0740. The highest BCUT2D eigenvalue weighted by atomic mass is 16.5. The van der Waals surface area contributed by atoms with Crippen LogP contribution < -0.4 is 0 Å². The normalized spacial score (nSPS) is 12.5. The molecule has 1 aromatic heterocycles. The van der Waals surface area contributed by atoms with Crippen molar-refractivity contribution < 1.29 is 13.9 Å². The van der Waals surface area contributed by atoms with E-state index in [-0.39, 0.29) is 11.7 Å². The zero-order valence-electron chi connectivity index (χ0n) is 13.5. The predicted octanol–water partition coefficient (Wildman–Crippen LogP) is 4.50. The van der Waals surface area contributed by atoms with Gasteiger partial charge in [-0.05, 0) is 32.4 Å². The fourth-order valence-corrected chi connectivity index (χ4v) is 1.91. The molecule has 0 bridgehead atoms. The molecule has 4 nitrogen and oxygen atoms in total. The van der Waals surface area contributed by atoms with Gasteiger partial charge in [0.05, 0.1) is 6.10 Å². The Bertz CT molecular complexity index is 748. The number of nitriles is 1. The van der Waals surface area contributed by atoms with E-state index in [9.17, 15) is 4.79 Å². The van der Waals surface area contributed by atoms with Crippen LogP contribution in [0.25, 0.3) is 17.4 Å². The second kappa shape index (κ2) is 7.46. The lowest BCUT2D eigenvalue weighted by molar-refractivity contribution is -0.142. The molecule has 2 aromatic rings. The maximum Gasteiger partial charge on any atom is 0.349 e. The third-order valence-electron chi connectivity index (χ3n) is 3.47. The highest BCUT2D eigenvalue weighted by Gasteiger charge is 2.15. The Morgan fingerprint density at radius 2 is 2.00 bits per heavy atom. The van der Waals surface area contributed by atoms with Crippen LogP contribution in [0.15, 0.2) is 46.4 Å². The summed E-state index contributed by atoms with van der Waals surface area (Å²) in [5.41, 5.74) is 2.03. The Morgan fingerprint density at radius 3 is 2.61 bits per heavy atom. The number of ether oxygens (including phenoxy) is 1. The van der Waals surface area contributed by atoms with Crippen molar-refractivity contribution >= 4 is 12.0 Å². The van der Waals surface area contributed by atoms with E-state index in [2.05, 4.69) is 0 Å². The minimum atomic E-state index is -0.630. The molecule has 1 unspecified atom stereocenters. The van der Waals surface area contributed by atoms with E-state index in [1.807, 2.05) is 50.2 Å². The first-order valence-corrected chi connectivity index (χ1v) is 7.53. The summed E-state index contributed by atoms with van der Waals surface area (Å²) in [4.78, 5) is 11.9. The molecule has 23 heavy (non-hydrogen) atoms. The van der Waals surface area contributed by atoms with Crippen molar-refractivity contribution in [3.05, 3.63) is 53.3 Å². The lowest BCUT2D eigenvalue weighted by Crippen LogP contribution is -2.15. The molecule has 1 aromatic carbocycles. The Kier molecular flexibility index (Phi) is 5.37. The summed E-state index contributed by atoms with van der Waals surface area (Å²) in [6.45, 7) is 5.71. The van der Waals surface area contributed by atoms with Crippen molar-refractivity contribution in [1.82, 2.24) is 0 Å². The number of hydrogen-bond donors (Lipinski definition) is 0. The summed E-state index contributed by atoms with van der Waals surface area (Å²) in [5.74, 6) is 0.497. The number of furan rings is 1. The quantitative estimate of drug-likeness (QED) is 0.463. The van der Waals surface area contributed by atoms with Gasteiger partial charge in [0.1, 0.15) is 23.2 Å². The number of hydrogen-bond acceptors (Lipinski definition) is 4. The molecule has 0 aliphatic heterocycles. The van der Waals surface area contributed by atoms with Crippen LogP contribution in [0.2, 0.25) is 0 Å². The van der Waals surface area contributed by atoms with E-state index in [0.717, 1.165) is 5.56 Å². The molecule has 0 fully saturated rings. The third-order valence-corrected chi connectivity index (χ3v) is 3.47. The van der Waals surface area contributed by atoms with E-state index in [1.54, 1.807) is 13.0 Å². The molecular formula is C19H19NO3. The predicted molar refractivity (Wildman–Crippen MR) is 88.3 cm³/mol. The lowest BCUT2D eigenvalue weighted by atomic mass is 10.1. The third kappa shape index (κ3) is 4.33. The maximum atomic E-state index is 11.9. The lowest BCUT2D eigenvalue weighted by Gasteiger charge is -2.09. The van der Waals surface area contributed by atoms with Gasteiger partial charge in [-0.1, -0.05) is 36.8 Å². The van der Waals surface area contributed by atoms with Crippen molar-refractivity contribution in [2.75, 3.05) is 0 Å². The average molecular weight is 309 g/mol. The molecule has 1 atom stereocenters. The van der Waals surface area contributed by atoms with Crippen LogP contribution in [0.1, 0.15) is 31.6 Å². The van der Waals surface area contributed by atoms with Gasteiger partial charge < -0.3 is 9.15 Å². The topological polar surface area (TPSA) is 63.2 Å². The molecule has 0 N–H and O–H groups in total. The number of carbonyl (C=O) groups is 1. The largest absolute Gasteiger partial charge is 0.459 e. The van der Waals surface area contributed by atoms with E-state index < -0.39 is 5.97 Å². The standard InChI is InChI=1S/C19H19NO3/c1-4-14(3)22-19(21)16(12-20)11-17-9-10-18(23-17)15-7-5-13(2)6-8-15/h5-11,14H,4H2,1-3H3. The first kappa shape index (κ1) is 16.6. The van der Waals surface area contributed by atoms with E-state index in [4.69, 9.17) is 14.4 Å². The molecule has 0 aliphatic carbocycles. The summed E-state index contributed by atoms with van der Waals surface area (Å²) >= 11 is 0. The van der Waals surface area contributed by atoms with Crippen LogP contribution in [0, 0.1) is 18.3 Å². The molecular weight excluding hydrogens is 290 g/mol. The van der Waals surface area contributed by atoms with Crippen LogP contribution in [-0.2, 0) is 9.53 Å². The zero-order chi connectivity index (χ0) is 16.8. The number of benzene rings is 1. The first-order chi connectivity index (χ1) is 11.0. The van der Waals surface area contributed by atoms with Crippen molar-refractivity contribution in [3.8, 4) is 17.4 Å². The van der Waals surface area contributed by atoms with Gasteiger partial charge in [0, 0.05) is 11.6 Å². The van der Waals surface area contributed by atoms with Gasteiger partial charge in [0.15, 0.2) is 0 Å². The average Bonchev–Trinajstić information content (AvgIpc) is 3.01. The molecule has 4 heteroatoms. The van der Waals surface area contributed by atoms with Crippen molar-refractivity contribution in [2.24, 2.45) is 0 Å². The number of esters is 1. The second-order valence-corrected chi connectivity index (χ2v) is 5.36. The molecule has 0 radical (unpaired) electrons. The van der Waals surface area contributed by atoms with Crippen molar-refractivity contribution in [3.63, 3.8) is 0 Å². The molecule has 0 spiro atoms. The highest BCUT2D eigenvalue weighted by Crippen LogP contribution is 2.24. The van der Waals surface area contributed by atoms with Gasteiger partial charge in [0.25, 0.3) is 0 Å². The van der Waals surface area contributed by atoms with Crippen molar-refractivity contribution in [2.45, 2.75) is 33.3 Å². The number of nitrogens with zero attached hydrogens (tertiary/aromatic N) is 1. The molecule has 0 aliphatic rings. The van der Waals surface area contributed by atoms with Crippen LogP contribution in [0.5, 0.6) is 0 Å². The minimum Gasteiger partial charge on any atom is -0.459 e. The number of carbonyl (C=O) groups excluding carboxylic acids is 1. The first-order valence-electron chi connectivity index (χ1n) is 7.53. The molecule has 118 valence electrons. The van der Waals surface area contributed by atoms with E-state index in [0.29, 0.717) is 17.9 Å². The Morgan fingerprint density at radius 1 is 1.30 bits per heavy atom.